The summed E-state index contributed by atoms with van der Waals surface area (Å²) in [5, 5.41) is 11.5. The number of nitrogens with zero attached hydrogens (tertiary/aromatic N) is 1. The van der Waals surface area contributed by atoms with Crippen LogP contribution in [0.4, 0.5) is 11.4 Å². The molecule has 1 aromatic rings. The Kier molecular flexibility index (Phi) is 6.11. The number of ether oxygens (including phenoxy) is 1. The zero-order chi connectivity index (χ0) is 14.3. The minimum absolute atomic E-state index is 0.0869. The van der Waals surface area contributed by atoms with E-state index in [1.54, 1.807) is 25.3 Å². The number of carbonyl (C=O) groups excluding carboxylic acids is 1. The summed E-state index contributed by atoms with van der Waals surface area (Å²) in [7, 11) is 3.41. The Hall–Kier alpha value is -1.79. The highest BCUT2D eigenvalue weighted by atomic mass is 16.5. The number of likely N-dealkylation sites (N-methyl/N-ethyl adjacent to an activating group) is 1. The Balaban J connectivity index is 2.48. The SMILES string of the molecule is COc1ccc(NC(=O)CCN(C)CCO)c(N)c1. The molecule has 0 spiro atoms. The summed E-state index contributed by atoms with van der Waals surface area (Å²) in [6.07, 6.45) is 0.349. The van der Waals surface area contributed by atoms with Gasteiger partial charge in [0, 0.05) is 25.6 Å². The summed E-state index contributed by atoms with van der Waals surface area (Å²) in [6.45, 7) is 1.23. The van der Waals surface area contributed by atoms with Crippen molar-refractivity contribution in [2.75, 3.05) is 44.9 Å². The fourth-order valence-corrected chi connectivity index (χ4v) is 1.57. The zero-order valence-corrected chi connectivity index (χ0v) is 11.3. The van der Waals surface area contributed by atoms with E-state index in [4.69, 9.17) is 15.6 Å². The molecule has 0 aliphatic heterocycles. The summed E-state index contributed by atoms with van der Waals surface area (Å²) in [5.41, 5.74) is 6.86. The first-order valence-electron chi connectivity index (χ1n) is 6.09. The van der Waals surface area contributed by atoms with Crippen molar-refractivity contribution in [3.8, 4) is 5.75 Å². The number of nitrogens with two attached hydrogens (primary N) is 1. The molecule has 1 amide bonds. The highest BCUT2D eigenvalue weighted by Gasteiger charge is 2.07. The smallest absolute Gasteiger partial charge is 0.225 e. The molecule has 0 unspecified atom stereocenters. The quantitative estimate of drug-likeness (QED) is 0.627. The number of hydrogen-bond donors (Lipinski definition) is 3. The first-order chi connectivity index (χ1) is 9.06. The predicted molar refractivity (Wildman–Crippen MR) is 75.2 cm³/mol. The number of hydrogen-bond acceptors (Lipinski definition) is 5. The molecule has 0 saturated carbocycles. The number of nitrogen functional groups attached to an aromatic ring is 1. The number of anilines is 2. The molecule has 19 heavy (non-hydrogen) atoms. The van der Waals surface area contributed by atoms with Gasteiger partial charge in [0.2, 0.25) is 5.91 Å². The van der Waals surface area contributed by atoms with Crippen molar-refractivity contribution in [3.05, 3.63) is 18.2 Å². The number of methoxy groups -OCH3 is 1. The minimum atomic E-state index is -0.110. The second-order valence-electron chi connectivity index (χ2n) is 4.28. The molecule has 0 radical (unpaired) electrons. The normalized spacial score (nSPS) is 10.5. The van der Waals surface area contributed by atoms with Gasteiger partial charge >= 0.3 is 0 Å². The summed E-state index contributed by atoms with van der Waals surface area (Å²) in [5.74, 6) is 0.542. The standard InChI is InChI=1S/C13H21N3O3/c1-16(7-8-17)6-5-13(18)15-12-4-3-10(19-2)9-11(12)14/h3-4,9,17H,5-8,14H2,1-2H3,(H,15,18). The van der Waals surface area contributed by atoms with E-state index in [0.717, 1.165) is 0 Å². The van der Waals surface area contributed by atoms with Crippen molar-refractivity contribution < 1.29 is 14.6 Å². The van der Waals surface area contributed by atoms with E-state index in [1.807, 2.05) is 11.9 Å². The number of benzene rings is 1. The topological polar surface area (TPSA) is 87.8 Å². The summed E-state index contributed by atoms with van der Waals surface area (Å²) in [4.78, 5) is 13.6. The Bertz CT molecular complexity index is 424. The Morgan fingerprint density at radius 3 is 2.79 bits per heavy atom. The average Bonchev–Trinajstić information content (AvgIpc) is 2.39. The third kappa shape index (κ3) is 5.15. The molecule has 6 heteroatoms. The van der Waals surface area contributed by atoms with Crippen LogP contribution in [0.1, 0.15) is 6.42 Å². The maximum absolute atomic E-state index is 11.7. The number of nitrogens with one attached hydrogen (secondary N) is 1. The van der Waals surface area contributed by atoms with Gasteiger partial charge < -0.3 is 25.8 Å². The molecular weight excluding hydrogens is 246 g/mol. The van der Waals surface area contributed by atoms with Crippen molar-refractivity contribution in [2.45, 2.75) is 6.42 Å². The zero-order valence-electron chi connectivity index (χ0n) is 11.3. The lowest BCUT2D eigenvalue weighted by Crippen LogP contribution is -2.26. The van der Waals surface area contributed by atoms with Crippen LogP contribution in [0.5, 0.6) is 5.75 Å². The van der Waals surface area contributed by atoms with E-state index >= 15 is 0 Å². The molecule has 1 aromatic carbocycles. The van der Waals surface area contributed by atoms with E-state index < -0.39 is 0 Å². The number of aliphatic hydroxyl groups excluding tert-OH is 1. The van der Waals surface area contributed by atoms with Crippen LogP contribution in [-0.4, -0.2) is 49.8 Å². The molecule has 1 rings (SSSR count). The number of carbonyl (C=O) groups is 1. The molecular formula is C13H21N3O3. The second-order valence-corrected chi connectivity index (χ2v) is 4.28. The number of aliphatic hydroxyl groups is 1. The van der Waals surface area contributed by atoms with Crippen molar-refractivity contribution in [1.82, 2.24) is 4.90 Å². The molecule has 106 valence electrons. The highest BCUT2D eigenvalue weighted by Crippen LogP contribution is 2.24. The minimum Gasteiger partial charge on any atom is -0.497 e. The van der Waals surface area contributed by atoms with Crippen molar-refractivity contribution >= 4 is 17.3 Å². The number of rotatable bonds is 7. The molecule has 4 N–H and O–H groups in total. The predicted octanol–water partition coefficient (Wildman–Crippen LogP) is 0.530. The van der Waals surface area contributed by atoms with Gasteiger partial charge in [0.25, 0.3) is 0 Å². The number of amides is 1. The largest absolute Gasteiger partial charge is 0.497 e. The van der Waals surface area contributed by atoms with Crippen LogP contribution in [0, 0.1) is 0 Å². The van der Waals surface area contributed by atoms with Crippen LogP contribution < -0.4 is 15.8 Å². The molecule has 0 heterocycles. The van der Waals surface area contributed by atoms with Gasteiger partial charge in [0.15, 0.2) is 0 Å². The van der Waals surface area contributed by atoms with Crippen LogP contribution in [-0.2, 0) is 4.79 Å². The van der Waals surface area contributed by atoms with Crippen molar-refractivity contribution in [2.24, 2.45) is 0 Å². The van der Waals surface area contributed by atoms with Crippen molar-refractivity contribution in [1.29, 1.82) is 0 Å². The highest BCUT2D eigenvalue weighted by molar-refractivity contribution is 5.94. The summed E-state index contributed by atoms with van der Waals surface area (Å²) >= 11 is 0. The van der Waals surface area contributed by atoms with Gasteiger partial charge in [-0.15, -0.1) is 0 Å². The Morgan fingerprint density at radius 2 is 2.21 bits per heavy atom. The first kappa shape index (κ1) is 15.3. The molecule has 0 bridgehead atoms. The van der Waals surface area contributed by atoms with Crippen LogP contribution in [0.15, 0.2) is 18.2 Å². The van der Waals surface area contributed by atoms with Crippen LogP contribution >= 0.6 is 0 Å². The lowest BCUT2D eigenvalue weighted by molar-refractivity contribution is -0.116. The van der Waals surface area contributed by atoms with Gasteiger partial charge in [0.1, 0.15) is 5.75 Å². The van der Waals surface area contributed by atoms with Crippen molar-refractivity contribution in [3.63, 3.8) is 0 Å². The van der Waals surface area contributed by atoms with E-state index in [9.17, 15) is 4.79 Å². The average molecular weight is 267 g/mol. The molecule has 0 fully saturated rings. The second kappa shape index (κ2) is 7.60. The Labute approximate surface area is 113 Å². The fraction of sp³-hybridized carbons (Fsp3) is 0.462. The van der Waals surface area contributed by atoms with Gasteiger partial charge in [-0.3, -0.25) is 4.79 Å². The molecule has 0 atom stereocenters. The van der Waals surface area contributed by atoms with E-state index in [1.165, 1.54) is 0 Å². The maximum atomic E-state index is 11.7. The van der Waals surface area contributed by atoms with Crippen LogP contribution in [0.3, 0.4) is 0 Å². The fourth-order valence-electron chi connectivity index (χ4n) is 1.57. The van der Waals surface area contributed by atoms with Gasteiger partial charge in [-0.05, 0) is 19.2 Å². The molecule has 0 aromatic heterocycles. The van der Waals surface area contributed by atoms with E-state index in [0.29, 0.717) is 36.6 Å². The van der Waals surface area contributed by atoms with Crippen LogP contribution in [0.2, 0.25) is 0 Å². The molecule has 6 nitrogen and oxygen atoms in total. The lowest BCUT2D eigenvalue weighted by Gasteiger charge is -2.15. The molecule has 0 saturated heterocycles. The monoisotopic (exact) mass is 267 g/mol. The van der Waals surface area contributed by atoms with Crippen LogP contribution in [0.25, 0.3) is 0 Å². The van der Waals surface area contributed by atoms with E-state index in [2.05, 4.69) is 5.32 Å². The maximum Gasteiger partial charge on any atom is 0.225 e. The first-order valence-corrected chi connectivity index (χ1v) is 6.09. The summed E-state index contributed by atoms with van der Waals surface area (Å²) in [6, 6.07) is 5.11. The lowest BCUT2D eigenvalue weighted by atomic mass is 10.2. The third-order valence-corrected chi connectivity index (χ3v) is 2.74. The molecule has 0 aliphatic carbocycles. The molecule has 0 aliphatic rings. The van der Waals surface area contributed by atoms with Gasteiger partial charge in [-0.1, -0.05) is 0 Å². The summed E-state index contributed by atoms with van der Waals surface area (Å²) < 4.78 is 5.04. The third-order valence-electron chi connectivity index (χ3n) is 2.74. The Morgan fingerprint density at radius 1 is 1.47 bits per heavy atom. The van der Waals surface area contributed by atoms with E-state index in [-0.39, 0.29) is 12.5 Å². The van der Waals surface area contributed by atoms with Gasteiger partial charge in [-0.25, -0.2) is 0 Å². The van der Waals surface area contributed by atoms with Gasteiger partial charge in [0.05, 0.1) is 25.1 Å². The van der Waals surface area contributed by atoms with Gasteiger partial charge in [-0.2, -0.15) is 0 Å².